The lowest BCUT2D eigenvalue weighted by Crippen LogP contribution is -2.30. The summed E-state index contributed by atoms with van der Waals surface area (Å²) in [6.45, 7) is 3.99. The third kappa shape index (κ3) is 6.28. The molecule has 0 bridgehead atoms. The van der Waals surface area contributed by atoms with E-state index in [9.17, 15) is 18.0 Å². The lowest BCUT2D eigenvalue weighted by molar-refractivity contribution is -0.166. The fourth-order valence-electron chi connectivity index (χ4n) is 3.57. The Morgan fingerprint density at radius 2 is 1.89 bits per heavy atom. The van der Waals surface area contributed by atoms with Gasteiger partial charge < -0.3 is 18.9 Å². The van der Waals surface area contributed by atoms with Gasteiger partial charge in [-0.3, -0.25) is 0 Å². The van der Waals surface area contributed by atoms with E-state index in [2.05, 4.69) is 20.5 Å². The van der Waals surface area contributed by atoms with E-state index < -0.39 is 23.9 Å². The summed E-state index contributed by atoms with van der Waals surface area (Å²) in [5, 5.41) is 14.6. The minimum absolute atomic E-state index is 0.0130. The van der Waals surface area contributed by atoms with Crippen LogP contribution < -0.4 is 9.47 Å². The second-order valence-corrected chi connectivity index (χ2v) is 8.70. The maximum atomic E-state index is 13.5. The molecule has 202 valence electrons. The second kappa shape index (κ2) is 11.2. The van der Waals surface area contributed by atoms with Crippen LogP contribution in [0.2, 0.25) is 0 Å². The summed E-state index contributed by atoms with van der Waals surface area (Å²) in [7, 11) is 1.60. The first-order chi connectivity index (χ1) is 18.1. The molecule has 13 heteroatoms. The summed E-state index contributed by atoms with van der Waals surface area (Å²) in [6, 6.07) is 11.0. The van der Waals surface area contributed by atoms with Gasteiger partial charge >= 0.3 is 17.8 Å². The molecule has 0 aliphatic carbocycles. The van der Waals surface area contributed by atoms with Gasteiger partial charge in [-0.25, -0.2) is 9.48 Å². The van der Waals surface area contributed by atoms with Crippen LogP contribution >= 0.6 is 0 Å². The van der Waals surface area contributed by atoms with Crippen LogP contribution in [0.15, 0.2) is 58.9 Å². The molecule has 0 spiro atoms. The Morgan fingerprint density at radius 3 is 2.58 bits per heavy atom. The van der Waals surface area contributed by atoms with Crippen LogP contribution in [-0.4, -0.2) is 53.6 Å². The van der Waals surface area contributed by atoms with Crippen LogP contribution in [0.25, 0.3) is 0 Å². The molecule has 0 N–H and O–H groups in total. The van der Waals surface area contributed by atoms with E-state index in [1.54, 1.807) is 31.8 Å². The number of esters is 1. The number of carbonyl (C=O) groups excluding carboxylic acids is 1. The SMILES string of the molecule is COc1cccc(Cn2cc(COCCOc3cc(C4(C(F)(F)F)N=N4)ccc3C(=O)OC(C)C)nn2)c1. The number of benzene rings is 2. The second-order valence-electron chi connectivity index (χ2n) is 8.70. The van der Waals surface area contributed by atoms with Gasteiger partial charge in [0.05, 0.1) is 39.2 Å². The first-order valence-corrected chi connectivity index (χ1v) is 11.7. The number of aromatic nitrogens is 3. The number of hydrogen-bond acceptors (Lipinski definition) is 9. The van der Waals surface area contributed by atoms with Crippen LogP contribution in [0.1, 0.15) is 41.0 Å². The standard InChI is InChI=1S/C25H26F3N5O5/c1-16(2)38-23(34)21-8-7-18(24(30-31-24)25(26,27)28)12-22(21)37-10-9-36-15-19-14-33(32-29-19)13-17-5-4-6-20(11-17)35-3/h4-8,11-12,14,16H,9-10,13,15H2,1-3H3. The zero-order valence-corrected chi connectivity index (χ0v) is 20.9. The normalized spacial score (nSPS) is 14.0. The molecular formula is C25H26F3N5O5. The number of nitrogens with zero attached hydrogens (tertiary/aromatic N) is 5. The fraction of sp³-hybridized carbons (Fsp3) is 0.400. The van der Waals surface area contributed by atoms with Crippen molar-refractivity contribution >= 4 is 5.97 Å². The molecule has 10 nitrogen and oxygen atoms in total. The molecule has 38 heavy (non-hydrogen) atoms. The molecular weight excluding hydrogens is 507 g/mol. The van der Waals surface area contributed by atoms with Crippen LogP contribution in [0.3, 0.4) is 0 Å². The Labute approximate surface area is 216 Å². The van der Waals surface area contributed by atoms with Crippen molar-refractivity contribution in [3.05, 3.63) is 71.0 Å². The number of halogens is 3. The van der Waals surface area contributed by atoms with E-state index in [1.165, 1.54) is 6.07 Å². The Hall–Kier alpha value is -4.00. The summed E-state index contributed by atoms with van der Waals surface area (Å²) < 4.78 is 63.6. The highest BCUT2D eigenvalue weighted by Crippen LogP contribution is 2.53. The Morgan fingerprint density at radius 1 is 1.11 bits per heavy atom. The Kier molecular flexibility index (Phi) is 7.95. The van der Waals surface area contributed by atoms with E-state index >= 15 is 0 Å². The topological polar surface area (TPSA) is 109 Å². The van der Waals surface area contributed by atoms with Gasteiger partial charge in [0.2, 0.25) is 0 Å². The average molecular weight is 534 g/mol. The Bertz CT molecular complexity index is 1300. The van der Waals surface area contributed by atoms with E-state index in [-0.39, 0.29) is 36.7 Å². The third-order valence-electron chi connectivity index (χ3n) is 5.44. The van der Waals surface area contributed by atoms with Gasteiger partial charge in [0.1, 0.15) is 29.4 Å². The fourth-order valence-corrected chi connectivity index (χ4v) is 3.57. The molecule has 4 rings (SSSR count). The first kappa shape index (κ1) is 27.0. The van der Waals surface area contributed by atoms with Crippen LogP contribution in [-0.2, 0) is 28.3 Å². The quantitative estimate of drug-likeness (QED) is 0.246. The third-order valence-corrected chi connectivity index (χ3v) is 5.44. The Balaban J connectivity index is 1.34. The zero-order chi connectivity index (χ0) is 27.3. The highest BCUT2D eigenvalue weighted by Gasteiger charge is 2.65. The molecule has 0 atom stereocenters. The maximum Gasteiger partial charge on any atom is 0.442 e. The number of hydrogen-bond donors (Lipinski definition) is 0. The number of ether oxygens (including phenoxy) is 4. The number of carbonyl (C=O) groups is 1. The van der Waals surface area contributed by atoms with Gasteiger partial charge in [-0.2, -0.15) is 13.2 Å². The molecule has 0 saturated heterocycles. The predicted molar refractivity (Wildman–Crippen MR) is 127 cm³/mol. The van der Waals surface area contributed by atoms with Gasteiger partial charge in [-0.1, -0.05) is 23.4 Å². The maximum absolute atomic E-state index is 13.5. The van der Waals surface area contributed by atoms with Crippen LogP contribution in [0.4, 0.5) is 13.2 Å². The monoisotopic (exact) mass is 533 g/mol. The highest BCUT2D eigenvalue weighted by atomic mass is 19.4. The lowest BCUT2D eigenvalue weighted by atomic mass is 10.0. The van der Waals surface area contributed by atoms with Crippen molar-refractivity contribution in [1.82, 2.24) is 15.0 Å². The van der Waals surface area contributed by atoms with E-state index in [4.69, 9.17) is 18.9 Å². The smallest absolute Gasteiger partial charge is 0.442 e. The largest absolute Gasteiger partial charge is 0.497 e. The molecule has 0 fully saturated rings. The van der Waals surface area contributed by atoms with Crippen molar-refractivity contribution in [3.63, 3.8) is 0 Å². The van der Waals surface area contributed by atoms with Crippen molar-refractivity contribution < 1.29 is 36.9 Å². The van der Waals surface area contributed by atoms with Gasteiger partial charge in [-0.15, -0.1) is 15.3 Å². The molecule has 0 amide bonds. The predicted octanol–water partition coefficient (Wildman–Crippen LogP) is 4.68. The van der Waals surface area contributed by atoms with Crippen molar-refractivity contribution in [2.45, 2.75) is 44.9 Å². The molecule has 0 radical (unpaired) electrons. The molecule has 2 heterocycles. The minimum atomic E-state index is -4.71. The van der Waals surface area contributed by atoms with E-state index in [1.807, 2.05) is 24.3 Å². The average Bonchev–Trinajstić information content (AvgIpc) is 3.59. The number of rotatable bonds is 12. The molecule has 3 aromatic rings. The summed E-state index contributed by atoms with van der Waals surface area (Å²) in [4.78, 5) is 12.5. The van der Waals surface area contributed by atoms with Crippen molar-refractivity contribution in [2.75, 3.05) is 20.3 Å². The van der Waals surface area contributed by atoms with Gasteiger partial charge in [0, 0.05) is 5.56 Å². The molecule has 0 saturated carbocycles. The van der Waals surface area contributed by atoms with Crippen LogP contribution in [0, 0.1) is 0 Å². The molecule has 2 aromatic carbocycles. The lowest BCUT2D eigenvalue weighted by Gasteiger charge is -2.18. The number of alkyl halides is 3. The number of methoxy groups -OCH3 is 1. The van der Waals surface area contributed by atoms with Gasteiger partial charge in [0.25, 0.3) is 0 Å². The van der Waals surface area contributed by atoms with Crippen molar-refractivity contribution in [1.29, 1.82) is 0 Å². The highest BCUT2D eigenvalue weighted by molar-refractivity contribution is 5.92. The summed E-state index contributed by atoms with van der Waals surface area (Å²) >= 11 is 0. The summed E-state index contributed by atoms with van der Waals surface area (Å²) in [5.41, 5.74) is -1.34. The van der Waals surface area contributed by atoms with Crippen molar-refractivity contribution in [2.24, 2.45) is 10.2 Å². The summed E-state index contributed by atoms with van der Waals surface area (Å²) in [6.07, 6.45) is -3.40. The van der Waals surface area contributed by atoms with Gasteiger partial charge in [-0.05, 0) is 43.7 Å². The molecule has 1 aliphatic rings. The first-order valence-electron chi connectivity index (χ1n) is 11.7. The summed E-state index contributed by atoms with van der Waals surface area (Å²) in [5.74, 6) is -0.0606. The zero-order valence-electron chi connectivity index (χ0n) is 20.9. The molecule has 1 aromatic heterocycles. The van der Waals surface area contributed by atoms with Crippen LogP contribution in [0.5, 0.6) is 11.5 Å². The van der Waals surface area contributed by atoms with E-state index in [0.717, 1.165) is 23.4 Å². The van der Waals surface area contributed by atoms with Gasteiger partial charge in [0.15, 0.2) is 0 Å². The minimum Gasteiger partial charge on any atom is -0.497 e. The van der Waals surface area contributed by atoms with Crippen molar-refractivity contribution in [3.8, 4) is 11.5 Å². The molecule has 1 aliphatic heterocycles. The molecule has 0 unspecified atom stereocenters. The van der Waals surface area contributed by atoms with E-state index in [0.29, 0.717) is 12.2 Å².